The third-order valence-corrected chi connectivity index (χ3v) is 7.73. The molecule has 0 saturated carbocycles. The number of aryl methyl sites for hydroxylation is 1. The number of aromatic nitrogens is 3. The molecule has 180 valence electrons. The van der Waals surface area contributed by atoms with Gasteiger partial charge in [-0.2, -0.15) is 4.98 Å². The monoisotopic (exact) mass is 511 g/mol. The molecule has 4 aromatic rings. The summed E-state index contributed by atoms with van der Waals surface area (Å²) < 4.78 is 25.6. The molecule has 0 amide bonds. The van der Waals surface area contributed by atoms with E-state index in [1.807, 2.05) is 19.1 Å². The summed E-state index contributed by atoms with van der Waals surface area (Å²) in [6, 6.07) is 13.3. The van der Waals surface area contributed by atoms with Crippen LogP contribution in [0.15, 0.2) is 59.6 Å². The van der Waals surface area contributed by atoms with Crippen molar-refractivity contribution in [3.8, 4) is 0 Å². The van der Waals surface area contributed by atoms with Crippen LogP contribution in [-0.4, -0.2) is 39.7 Å². The van der Waals surface area contributed by atoms with Crippen molar-refractivity contribution in [1.82, 2.24) is 15.0 Å². The fourth-order valence-corrected chi connectivity index (χ4v) is 4.73. The van der Waals surface area contributed by atoms with Crippen molar-refractivity contribution in [2.45, 2.75) is 30.9 Å². The van der Waals surface area contributed by atoms with Gasteiger partial charge >= 0.3 is 5.97 Å². The fourth-order valence-electron chi connectivity index (χ4n) is 3.39. The van der Waals surface area contributed by atoms with E-state index in [0.717, 1.165) is 5.56 Å². The molecule has 0 atom stereocenters. The van der Waals surface area contributed by atoms with Gasteiger partial charge < -0.3 is 15.7 Å². The summed E-state index contributed by atoms with van der Waals surface area (Å²) in [6.07, 6.45) is 1.37. The summed E-state index contributed by atoms with van der Waals surface area (Å²) in [5, 5.41) is 15.8. The van der Waals surface area contributed by atoms with Gasteiger partial charge in [0.25, 0.3) is 0 Å². The van der Waals surface area contributed by atoms with Gasteiger partial charge in [0.1, 0.15) is 5.02 Å². The first-order valence-corrected chi connectivity index (χ1v) is 12.5. The number of halogens is 1. The Morgan fingerprint density at radius 1 is 1.03 bits per heavy atom. The van der Waals surface area contributed by atoms with Crippen molar-refractivity contribution in [1.29, 1.82) is 0 Å². The van der Waals surface area contributed by atoms with E-state index in [1.165, 1.54) is 18.3 Å². The van der Waals surface area contributed by atoms with Crippen molar-refractivity contribution < 1.29 is 18.3 Å². The highest BCUT2D eigenvalue weighted by atomic mass is 35.5. The number of anilines is 4. The maximum Gasteiger partial charge on any atom is 0.354 e. The fraction of sp³-hybridized carbons (Fsp3) is 0.167. The number of fused-ring (bicyclic) bond motifs is 1. The number of sulfone groups is 1. The first-order chi connectivity index (χ1) is 16.6. The highest BCUT2D eigenvalue weighted by Crippen LogP contribution is 2.31. The van der Waals surface area contributed by atoms with Crippen LogP contribution in [0.4, 0.5) is 23.1 Å². The van der Waals surface area contributed by atoms with Crippen molar-refractivity contribution >= 4 is 61.5 Å². The minimum Gasteiger partial charge on any atom is -0.477 e. The zero-order valence-electron chi connectivity index (χ0n) is 19.1. The van der Waals surface area contributed by atoms with Crippen LogP contribution >= 0.6 is 11.6 Å². The predicted octanol–water partition coefficient (Wildman–Crippen LogP) is 5.35. The van der Waals surface area contributed by atoms with Gasteiger partial charge in [0, 0.05) is 5.39 Å². The summed E-state index contributed by atoms with van der Waals surface area (Å²) in [5.74, 6) is -0.854. The summed E-state index contributed by atoms with van der Waals surface area (Å²) in [5.41, 5.74) is 2.10. The Morgan fingerprint density at radius 2 is 1.77 bits per heavy atom. The van der Waals surface area contributed by atoms with E-state index >= 15 is 0 Å². The molecule has 0 aliphatic heterocycles. The minimum absolute atomic E-state index is 0.126. The second kappa shape index (κ2) is 9.47. The number of rotatable bonds is 7. The van der Waals surface area contributed by atoms with Gasteiger partial charge in [0.2, 0.25) is 5.95 Å². The second-order valence-electron chi connectivity index (χ2n) is 8.11. The molecule has 0 spiro atoms. The van der Waals surface area contributed by atoms with Gasteiger partial charge in [0.15, 0.2) is 21.3 Å². The molecule has 0 bridgehead atoms. The van der Waals surface area contributed by atoms with E-state index in [1.54, 1.807) is 38.1 Å². The number of carboxylic acids is 1. The number of carbonyl (C=O) groups is 1. The highest BCUT2D eigenvalue weighted by molar-refractivity contribution is 7.92. The number of nitrogens with zero attached hydrogens (tertiary/aromatic N) is 3. The molecule has 0 radical (unpaired) electrons. The van der Waals surface area contributed by atoms with Crippen LogP contribution in [0.25, 0.3) is 10.9 Å². The average molecular weight is 512 g/mol. The number of benzene rings is 2. The maximum absolute atomic E-state index is 12.8. The Labute approximate surface area is 207 Å². The molecule has 9 nitrogen and oxygen atoms in total. The van der Waals surface area contributed by atoms with E-state index in [9.17, 15) is 18.3 Å². The molecular formula is C24H22ClN5O4S. The SMILES string of the molecule is Cc1ccc2nc(C(=O)O)cc(Nc3ncc(Cl)c(Nc4ccccc4S(=O)(=O)C(C)C)n3)c2c1. The number of hydrogen-bond acceptors (Lipinski definition) is 8. The van der Waals surface area contributed by atoms with Crippen LogP contribution in [0.2, 0.25) is 5.02 Å². The number of hydrogen-bond donors (Lipinski definition) is 3. The lowest BCUT2D eigenvalue weighted by atomic mass is 10.1. The zero-order chi connectivity index (χ0) is 25.3. The highest BCUT2D eigenvalue weighted by Gasteiger charge is 2.23. The van der Waals surface area contributed by atoms with Gasteiger partial charge in [-0.05, 0) is 51.1 Å². The molecule has 2 aromatic carbocycles. The maximum atomic E-state index is 12.8. The van der Waals surface area contributed by atoms with Gasteiger partial charge in [0.05, 0.1) is 33.2 Å². The van der Waals surface area contributed by atoms with E-state index in [4.69, 9.17) is 11.6 Å². The van der Waals surface area contributed by atoms with E-state index in [0.29, 0.717) is 22.3 Å². The number of para-hydroxylation sites is 1. The van der Waals surface area contributed by atoms with Crippen molar-refractivity contribution in [3.05, 3.63) is 71.0 Å². The van der Waals surface area contributed by atoms with E-state index < -0.39 is 21.1 Å². The van der Waals surface area contributed by atoms with Crippen LogP contribution < -0.4 is 10.6 Å². The van der Waals surface area contributed by atoms with Gasteiger partial charge in [-0.1, -0.05) is 35.4 Å². The molecule has 11 heteroatoms. The molecule has 4 rings (SSSR count). The average Bonchev–Trinajstić information content (AvgIpc) is 2.81. The topological polar surface area (TPSA) is 134 Å². The number of aromatic carboxylic acids is 1. The number of nitrogens with one attached hydrogen (secondary N) is 2. The summed E-state index contributed by atoms with van der Waals surface area (Å²) in [4.78, 5) is 24.5. The quantitative estimate of drug-likeness (QED) is 0.300. The largest absolute Gasteiger partial charge is 0.477 e. The molecule has 3 N–H and O–H groups in total. The molecule has 0 saturated heterocycles. The molecule has 0 aliphatic carbocycles. The Morgan fingerprint density at radius 3 is 2.49 bits per heavy atom. The molecule has 35 heavy (non-hydrogen) atoms. The predicted molar refractivity (Wildman–Crippen MR) is 136 cm³/mol. The third-order valence-electron chi connectivity index (χ3n) is 5.24. The Kier molecular flexibility index (Phi) is 6.60. The first-order valence-electron chi connectivity index (χ1n) is 10.6. The summed E-state index contributed by atoms with van der Waals surface area (Å²) >= 11 is 6.31. The van der Waals surface area contributed by atoms with Crippen LogP contribution in [-0.2, 0) is 9.84 Å². The van der Waals surface area contributed by atoms with E-state index in [2.05, 4.69) is 25.6 Å². The summed E-state index contributed by atoms with van der Waals surface area (Å²) in [6.45, 7) is 5.13. The molecule has 0 unspecified atom stereocenters. The van der Waals surface area contributed by atoms with Gasteiger partial charge in [-0.15, -0.1) is 0 Å². The van der Waals surface area contributed by atoms with E-state index in [-0.39, 0.29) is 27.4 Å². The van der Waals surface area contributed by atoms with Crippen molar-refractivity contribution in [2.24, 2.45) is 0 Å². The second-order valence-corrected chi connectivity index (χ2v) is 11.0. The Hall–Kier alpha value is -3.76. The summed E-state index contributed by atoms with van der Waals surface area (Å²) in [7, 11) is -3.57. The van der Waals surface area contributed by atoms with Gasteiger partial charge in [-0.25, -0.2) is 23.2 Å². The van der Waals surface area contributed by atoms with Crippen LogP contribution in [0.3, 0.4) is 0 Å². The lowest BCUT2D eigenvalue weighted by Crippen LogP contribution is -2.15. The standard InChI is InChI=1S/C24H22ClN5O4S/c1-13(2)35(33,34)21-7-5-4-6-18(21)28-22-16(25)12-26-24(30-22)29-19-11-20(23(31)32)27-17-9-8-14(3)10-15(17)19/h4-13H,1-3H3,(H,31,32)(H2,26,27,28,29,30). The smallest absolute Gasteiger partial charge is 0.354 e. The Bertz CT molecular complexity index is 1560. The van der Waals surface area contributed by atoms with Crippen molar-refractivity contribution in [2.75, 3.05) is 10.6 Å². The third kappa shape index (κ3) is 5.03. The zero-order valence-corrected chi connectivity index (χ0v) is 20.6. The normalized spacial score (nSPS) is 11.6. The molecule has 0 fully saturated rings. The number of carboxylic acid groups (broad SMARTS) is 1. The Balaban J connectivity index is 1.75. The first kappa shape index (κ1) is 24.4. The molecule has 0 aliphatic rings. The molecule has 2 heterocycles. The lowest BCUT2D eigenvalue weighted by molar-refractivity contribution is 0.0691. The minimum atomic E-state index is -3.57. The molecular weight excluding hydrogens is 490 g/mol. The van der Waals surface area contributed by atoms with Gasteiger partial charge in [-0.3, -0.25) is 0 Å². The lowest BCUT2D eigenvalue weighted by Gasteiger charge is -2.15. The van der Waals surface area contributed by atoms with Crippen LogP contribution in [0.5, 0.6) is 0 Å². The molecule has 2 aromatic heterocycles. The number of pyridine rings is 1. The van der Waals surface area contributed by atoms with Crippen molar-refractivity contribution in [3.63, 3.8) is 0 Å². The van der Waals surface area contributed by atoms with Crippen LogP contribution in [0, 0.1) is 6.92 Å². The van der Waals surface area contributed by atoms with Crippen LogP contribution in [0.1, 0.15) is 29.9 Å².